The Morgan fingerprint density at radius 3 is 2.32 bits per heavy atom. The molecule has 0 aromatic carbocycles. The molecule has 1 aromatic heterocycles. The monoisotopic (exact) mass is 324 g/mol. The predicted octanol–water partition coefficient (Wildman–Crippen LogP) is 0.474. The van der Waals surface area contributed by atoms with Crippen LogP contribution in [0.4, 0.5) is 0 Å². The van der Waals surface area contributed by atoms with Gasteiger partial charge >= 0.3 is 7.60 Å². The van der Waals surface area contributed by atoms with Crippen LogP contribution in [0, 0.1) is 14.1 Å². The number of rotatable bonds is 2. The molecule has 0 amide bonds. The average molecular weight is 324 g/mol. The maximum atomic E-state index is 11.3. The van der Waals surface area contributed by atoms with E-state index >= 15 is 0 Å². The quantitative estimate of drug-likeness (QED) is 0.766. The van der Waals surface area contributed by atoms with Gasteiger partial charge in [-0.25, -0.2) is 0 Å². The number of pyridine rings is 1. The van der Waals surface area contributed by atoms with E-state index in [4.69, 9.17) is 14.1 Å². The zero-order valence-electron chi connectivity index (χ0n) is 12.4. The lowest BCUT2D eigenvalue weighted by molar-refractivity contribution is 0.219. The normalized spacial score (nSPS) is 20.4. The molecule has 2 rings (SSSR count). The lowest BCUT2D eigenvalue weighted by Gasteiger charge is -2.27. The van der Waals surface area contributed by atoms with Gasteiger partial charge in [-0.15, -0.1) is 0 Å². The van der Waals surface area contributed by atoms with Gasteiger partial charge in [0.1, 0.15) is 6.29 Å². The molecule has 2 N–H and O–H groups in total. The minimum atomic E-state index is -4.13. The van der Waals surface area contributed by atoms with Crippen molar-refractivity contribution >= 4 is 7.60 Å². The van der Waals surface area contributed by atoms with Gasteiger partial charge in [0.15, 0.2) is 0 Å². The Balaban J connectivity index is 2.18. The second-order valence-corrected chi connectivity index (χ2v) is 7.10. The van der Waals surface area contributed by atoms with Crippen molar-refractivity contribution in [3.63, 3.8) is 0 Å². The molecule has 8 heteroatoms. The summed E-state index contributed by atoms with van der Waals surface area (Å²) in [5.41, 5.74) is 1.57. The molecule has 0 saturated heterocycles. The highest BCUT2D eigenvalue weighted by atomic mass is 31.2. The SMILES string of the molecule is [CH]N1CCN([CH])Cc2cccc(n2)CN(CP(=O)(O)O)CC1. The highest BCUT2D eigenvalue weighted by Gasteiger charge is 2.20. The molecule has 0 aliphatic carbocycles. The van der Waals surface area contributed by atoms with E-state index in [2.05, 4.69) is 4.98 Å². The Labute approximate surface area is 131 Å². The van der Waals surface area contributed by atoms with Gasteiger partial charge in [0.2, 0.25) is 0 Å². The van der Waals surface area contributed by atoms with Crippen LogP contribution in [0.25, 0.3) is 0 Å². The largest absolute Gasteiger partial charge is 0.339 e. The molecule has 0 spiro atoms. The minimum absolute atomic E-state index is 0.310. The predicted molar refractivity (Wildman–Crippen MR) is 82.1 cm³/mol. The number of hydrogen-bond donors (Lipinski definition) is 2. The minimum Gasteiger partial charge on any atom is -0.324 e. The van der Waals surface area contributed by atoms with Gasteiger partial charge in [-0.3, -0.25) is 24.2 Å². The summed E-state index contributed by atoms with van der Waals surface area (Å²) in [6.45, 7) is 2.95. The highest BCUT2D eigenvalue weighted by molar-refractivity contribution is 7.51. The van der Waals surface area contributed by atoms with E-state index in [0.717, 1.165) is 11.4 Å². The van der Waals surface area contributed by atoms with E-state index in [1.807, 2.05) is 18.2 Å². The van der Waals surface area contributed by atoms with Crippen LogP contribution in [0.1, 0.15) is 11.4 Å². The van der Waals surface area contributed by atoms with Crippen LogP contribution in [-0.4, -0.2) is 61.9 Å². The standard InChI is InChI=1S/C14H21N4O3P/c1-16-6-7-17(2)10-13-4-3-5-14(15-13)11-18(9-8-16)12-22(19,20)21/h1-5H,6-12H2,(H2,19,20,21). The van der Waals surface area contributed by atoms with E-state index in [-0.39, 0.29) is 6.29 Å². The van der Waals surface area contributed by atoms with E-state index < -0.39 is 7.60 Å². The Bertz CT molecular complexity index is 537. The van der Waals surface area contributed by atoms with E-state index in [1.165, 1.54) is 0 Å². The van der Waals surface area contributed by atoms with Crippen molar-refractivity contribution in [1.82, 2.24) is 19.7 Å². The van der Waals surface area contributed by atoms with Crippen LogP contribution in [0.2, 0.25) is 0 Å². The van der Waals surface area contributed by atoms with Gasteiger partial charge in [0.05, 0.1) is 11.4 Å². The molecule has 2 heterocycles. The van der Waals surface area contributed by atoms with Crippen LogP contribution < -0.4 is 0 Å². The molecule has 1 aliphatic rings. The molecule has 4 radical (unpaired) electrons. The van der Waals surface area contributed by atoms with Crippen molar-refractivity contribution in [3.05, 3.63) is 43.7 Å². The average Bonchev–Trinajstić information content (AvgIpc) is 2.40. The van der Waals surface area contributed by atoms with Crippen LogP contribution in [0.5, 0.6) is 0 Å². The van der Waals surface area contributed by atoms with Crippen molar-refractivity contribution in [2.45, 2.75) is 13.1 Å². The Morgan fingerprint density at radius 1 is 1.05 bits per heavy atom. The molecule has 0 saturated carbocycles. The maximum Gasteiger partial charge on any atom is 0.339 e. The third-order valence-electron chi connectivity index (χ3n) is 3.38. The smallest absolute Gasteiger partial charge is 0.324 e. The molecule has 0 fully saturated rings. The second kappa shape index (κ2) is 7.64. The van der Waals surface area contributed by atoms with Crippen LogP contribution >= 0.6 is 7.60 Å². The number of hydrogen-bond acceptors (Lipinski definition) is 5. The third-order valence-corrected chi connectivity index (χ3v) is 4.15. The number of nitrogens with zero attached hydrogens (tertiary/aromatic N) is 4. The van der Waals surface area contributed by atoms with Crippen LogP contribution in [0.3, 0.4) is 0 Å². The molecule has 2 bridgehead atoms. The van der Waals surface area contributed by atoms with Gasteiger partial charge in [-0.2, -0.15) is 0 Å². The Morgan fingerprint density at radius 2 is 1.64 bits per heavy atom. The lowest BCUT2D eigenvalue weighted by atomic mass is 10.2. The third kappa shape index (κ3) is 6.12. The Kier molecular flexibility index (Phi) is 6.09. The first-order chi connectivity index (χ1) is 10.3. The fourth-order valence-electron chi connectivity index (χ4n) is 2.32. The van der Waals surface area contributed by atoms with Gasteiger partial charge in [0, 0.05) is 53.4 Å². The van der Waals surface area contributed by atoms with Gasteiger partial charge < -0.3 is 9.79 Å². The van der Waals surface area contributed by atoms with Crippen molar-refractivity contribution in [2.24, 2.45) is 0 Å². The molecule has 0 atom stereocenters. The first-order valence-electron chi connectivity index (χ1n) is 7.03. The van der Waals surface area contributed by atoms with Crippen molar-refractivity contribution in [3.8, 4) is 0 Å². The first-order valence-corrected chi connectivity index (χ1v) is 8.82. The fourth-order valence-corrected chi connectivity index (χ4v) is 3.08. The number of aromatic nitrogens is 1. The second-order valence-electron chi connectivity index (χ2n) is 5.49. The molecular weight excluding hydrogens is 303 g/mol. The molecule has 0 unspecified atom stereocenters. The zero-order chi connectivity index (χ0) is 16.2. The Hall–Kier alpha value is -0.820. The summed E-state index contributed by atoms with van der Waals surface area (Å²) < 4.78 is 11.3. The van der Waals surface area contributed by atoms with E-state index in [9.17, 15) is 14.4 Å². The van der Waals surface area contributed by atoms with Crippen LogP contribution in [-0.2, 0) is 17.7 Å². The lowest BCUT2D eigenvalue weighted by Crippen LogP contribution is -2.36. The topological polar surface area (TPSA) is 80.1 Å². The van der Waals surface area contributed by atoms with Gasteiger partial charge in [-0.05, 0) is 12.1 Å². The van der Waals surface area contributed by atoms with Gasteiger partial charge in [-0.1, -0.05) is 6.07 Å². The van der Waals surface area contributed by atoms with Crippen LogP contribution in [0.15, 0.2) is 18.2 Å². The summed E-state index contributed by atoms with van der Waals surface area (Å²) in [5, 5.41) is 0. The summed E-state index contributed by atoms with van der Waals surface area (Å²) in [6.07, 6.45) is -0.310. The summed E-state index contributed by atoms with van der Waals surface area (Å²) in [6, 6.07) is 5.59. The molecule has 1 aromatic rings. The molecule has 1 aliphatic heterocycles. The first kappa shape index (κ1) is 17.5. The maximum absolute atomic E-state index is 11.3. The van der Waals surface area contributed by atoms with E-state index in [0.29, 0.717) is 39.3 Å². The zero-order valence-corrected chi connectivity index (χ0v) is 13.3. The van der Waals surface area contributed by atoms with E-state index in [1.54, 1.807) is 14.7 Å². The summed E-state index contributed by atoms with van der Waals surface area (Å²) in [5.74, 6) is 0. The summed E-state index contributed by atoms with van der Waals surface area (Å²) >= 11 is 0. The molecule has 22 heavy (non-hydrogen) atoms. The molecular formula is C14H21N4O3P. The fraction of sp³-hybridized carbons (Fsp3) is 0.500. The highest BCUT2D eigenvalue weighted by Crippen LogP contribution is 2.35. The van der Waals surface area contributed by atoms with Crippen molar-refractivity contribution in [2.75, 3.05) is 32.5 Å². The van der Waals surface area contributed by atoms with Crippen molar-refractivity contribution < 1.29 is 14.4 Å². The summed E-state index contributed by atoms with van der Waals surface area (Å²) in [4.78, 5) is 27.9. The summed E-state index contributed by atoms with van der Waals surface area (Å²) in [7, 11) is 7.69. The van der Waals surface area contributed by atoms with Gasteiger partial charge in [0.25, 0.3) is 0 Å². The molecule has 7 nitrogen and oxygen atoms in total. The molecule has 120 valence electrons. The number of fused-ring (bicyclic) bond motifs is 2. The van der Waals surface area contributed by atoms with Crippen molar-refractivity contribution in [1.29, 1.82) is 0 Å².